The summed E-state index contributed by atoms with van der Waals surface area (Å²) in [6, 6.07) is 0. The monoisotopic (exact) mass is 314 g/mol. The van der Waals surface area contributed by atoms with Crippen molar-refractivity contribution in [3.8, 4) is 0 Å². The molecule has 0 aromatic carbocycles. The molecule has 2 rings (SSSR count). The van der Waals surface area contributed by atoms with Crippen molar-refractivity contribution in [3.05, 3.63) is 12.4 Å². The Morgan fingerprint density at radius 1 is 1.57 bits per heavy atom. The second kappa shape index (κ2) is 6.06. The van der Waals surface area contributed by atoms with Crippen molar-refractivity contribution in [1.29, 1.82) is 0 Å². The Hall–Kier alpha value is -0.920. The molecule has 2 unspecified atom stereocenters. The van der Waals surface area contributed by atoms with Gasteiger partial charge in [0.15, 0.2) is 0 Å². The molecule has 1 aromatic rings. The molecule has 7 heteroatoms. The fourth-order valence-electron chi connectivity index (χ4n) is 3.57. The van der Waals surface area contributed by atoms with E-state index in [9.17, 15) is 8.42 Å². The van der Waals surface area contributed by atoms with E-state index in [-0.39, 0.29) is 4.90 Å². The first-order valence-electron chi connectivity index (χ1n) is 7.57. The van der Waals surface area contributed by atoms with E-state index in [0.29, 0.717) is 19.0 Å². The first-order chi connectivity index (χ1) is 9.85. The van der Waals surface area contributed by atoms with Crippen molar-refractivity contribution >= 4 is 10.0 Å². The zero-order chi connectivity index (χ0) is 15.7. The van der Waals surface area contributed by atoms with Crippen molar-refractivity contribution in [1.82, 2.24) is 14.1 Å². The van der Waals surface area contributed by atoms with Gasteiger partial charge < -0.3 is 5.73 Å². The van der Waals surface area contributed by atoms with Crippen LogP contribution in [-0.4, -0.2) is 41.1 Å². The van der Waals surface area contributed by atoms with E-state index in [4.69, 9.17) is 5.73 Å². The van der Waals surface area contributed by atoms with E-state index < -0.39 is 15.6 Å². The summed E-state index contributed by atoms with van der Waals surface area (Å²) >= 11 is 0. The van der Waals surface area contributed by atoms with Crippen LogP contribution in [0.25, 0.3) is 0 Å². The lowest BCUT2D eigenvalue weighted by molar-refractivity contribution is 0.113. The molecule has 120 valence electrons. The molecule has 1 heterocycles. The Morgan fingerprint density at radius 3 is 2.76 bits per heavy atom. The summed E-state index contributed by atoms with van der Waals surface area (Å²) in [6.45, 7) is 4.85. The molecule has 0 radical (unpaired) electrons. The van der Waals surface area contributed by atoms with Crippen molar-refractivity contribution in [2.45, 2.75) is 50.0 Å². The molecule has 2 N–H and O–H groups in total. The first-order valence-corrected chi connectivity index (χ1v) is 9.01. The summed E-state index contributed by atoms with van der Waals surface area (Å²) in [4.78, 5) is 0.248. The Kier molecular flexibility index (Phi) is 4.75. The molecule has 1 aromatic heterocycles. The maximum Gasteiger partial charge on any atom is 0.246 e. The molecule has 1 saturated carbocycles. The standard InChI is InChI=1S/C14H26N4O2S/c1-4-18(14(11-15)7-5-6-12(2)8-14)21(19,20)13-9-16-17(3)10-13/h9-10,12H,4-8,11,15H2,1-3H3. The number of likely N-dealkylation sites (N-methyl/N-ethyl adjacent to an activating group) is 1. The third-order valence-electron chi connectivity index (χ3n) is 4.53. The zero-order valence-electron chi connectivity index (χ0n) is 13.1. The number of aromatic nitrogens is 2. The van der Waals surface area contributed by atoms with E-state index in [1.54, 1.807) is 17.5 Å². The number of aryl methyl sites for hydroxylation is 1. The van der Waals surface area contributed by atoms with Crippen LogP contribution < -0.4 is 5.73 Å². The average molecular weight is 314 g/mol. The van der Waals surface area contributed by atoms with Crippen LogP contribution >= 0.6 is 0 Å². The molecule has 0 amide bonds. The molecule has 0 aliphatic heterocycles. The number of hydrogen-bond acceptors (Lipinski definition) is 4. The van der Waals surface area contributed by atoms with Crippen LogP contribution in [0, 0.1) is 5.92 Å². The van der Waals surface area contributed by atoms with E-state index in [1.165, 1.54) is 10.9 Å². The molecule has 1 fully saturated rings. The lowest BCUT2D eigenvalue weighted by Crippen LogP contribution is -2.58. The Labute approximate surface area is 127 Å². The Balaban J connectivity index is 2.41. The molecule has 0 spiro atoms. The summed E-state index contributed by atoms with van der Waals surface area (Å²) in [7, 11) is -1.83. The van der Waals surface area contributed by atoms with Crippen molar-refractivity contribution in [2.24, 2.45) is 18.7 Å². The lowest BCUT2D eigenvalue weighted by atomic mass is 9.76. The largest absolute Gasteiger partial charge is 0.329 e. The van der Waals surface area contributed by atoms with Crippen molar-refractivity contribution < 1.29 is 8.42 Å². The van der Waals surface area contributed by atoms with Crippen LogP contribution in [0.3, 0.4) is 0 Å². The van der Waals surface area contributed by atoms with Gasteiger partial charge in [0.2, 0.25) is 10.0 Å². The van der Waals surface area contributed by atoms with Gasteiger partial charge in [-0.25, -0.2) is 8.42 Å². The minimum atomic E-state index is -3.55. The van der Waals surface area contributed by atoms with E-state index in [0.717, 1.165) is 25.7 Å². The molecule has 1 aliphatic rings. The Bertz CT molecular complexity index is 584. The lowest BCUT2D eigenvalue weighted by Gasteiger charge is -2.46. The number of sulfonamides is 1. The number of hydrogen-bond donors (Lipinski definition) is 1. The normalized spacial score (nSPS) is 27.2. The quantitative estimate of drug-likeness (QED) is 0.889. The third kappa shape index (κ3) is 3.00. The fraction of sp³-hybridized carbons (Fsp3) is 0.786. The molecule has 1 aliphatic carbocycles. The minimum Gasteiger partial charge on any atom is -0.329 e. The van der Waals surface area contributed by atoms with Crippen molar-refractivity contribution in [3.63, 3.8) is 0 Å². The molecule has 2 atom stereocenters. The van der Waals surface area contributed by atoms with E-state index in [2.05, 4.69) is 12.0 Å². The molecule has 6 nitrogen and oxygen atoms in total. The van der Waals surface area contributed by atoms with Crippen LogP contribution in [0.15, 0.2) is 17.3 Å². The summed E-state index contributed by atoms with van der Waals surface area (Å²) in [6.07, 6.45) is 6.80. The highest BCUT2D eigenvalue weighted by Gasteiger charge is 2.44. The molecule has 0 bridgehead atoms. The SMILES string of the molecule is CCN(C1(CN)CCCC(C)C1)S(=O)(=O)c1cnn(C)c1. The maximum atomic E-state index is 13.0. The minimum absolute atomic E-state index is 0.248. The van der Waals surface area contributed by atoms with Gasteiger partial charge in [-0.2, -0.15) is 9.40 Å². The summed E-state index contributed by atoms with van der Waals surface area (Å²) in [5.74, 6) is 0.500. The molecule has 21 heavy (non-hydrogen) atoms. The highest BCUT2D eigenvalue weighted by Crippen LogP contribution is 2.38. The second-order valence-electron chi connectivity index (χ2n) is 6.15. The highest BCUT2D eigenvalue weighted by atomic mass is 32.2. The number of nitrogens with two attached hydrogens (primary N) is 1. The highest BCUT2D eigenvalue weighted by molar-refractivity contribution is 7.89. The van der Waals surface area contributed by atoms with Gasteiger partial charge in [0.25, 0.3) is 0 Å². The van der Waals surface area contributed by atoms with Gasteiger partial charge in [0.05, 0.1) is 6.20 Å². The molecular formula is C14H26N4O2S. The smallest absolute Gasteiger partial charge is 0.246 e. The van der Waals surface area contributed by atoms with Gasteiger partial charge >= 0.3 is 0 Å². The van der Waals surface area contributed by atoms with Gasteiger partial charge in [0.1, 0.15) is 4.90 Å². The summed E-state index contributed by atoms with van der Waals surface area (Å²) in [5, 5.41) is 3.99. The van der Waals surface area contributed by atoms with Crippen LogP contribution in [0.5, 0.6) is 0 Å². The van der Waals surface area contributed by atoms with Crippen molar-refractivity contribution in [2.75, 3.05) is 13.1 Å². The Morgan fingerprint density at radius 2 is 2.29 bits per heavy atom. The number of rotatable bonds is 5. The van der Waals surface area contributed by atoms with E-state index in [1.807, 2.05) is 6.92 Å². The van der Waals surface area contributed by atoms with Gasteiger partial charge in [-0.15, -0.1) is 0 Å². The van der Waals surface area contributed by atoms with Crippen LogP contribution in [0.4, 0.5) is 0 Å². The molecular weight excluding hydrogens is 288 g/mol. The van der Waals surface area contributed by atoms with Crippen LogP contribution in [-0.2, 0) is 17.1 Å². The van der Waals surface area contributed by atoms with Gasteiger partial charge in [0, 0.05) is 31.9 Å². The van der Waals surface area contributed by atoms with Crippen LogP contribution in [0.2, 0.25) is 0 Å². The molecule has 0 saturated heterocycles. The fourth-order valence-corrected chi connectivity index (χ4v) is 5.38. The predicted molar refractivity (Wildman–Crippen MR) is 82.2 cm³/mol. The van der Waals surface area contributed by atoms with E-state index >= 15 is 0 Å². The summed E-state index contributed by atoms with van der Waals surface area (Å²) in [5.41, 5.74) is 5.57. The van der Waals surface area contributed by atoms with Gasteiger partial charge in [-0.3, -0.25) is 4.68 Å². The van der Waals surface area contributed by atoms with Gasteiger partial charge in [-0.1, -0.05) is 26.7 Å². The summed E-state index contributed by atoms with van der Waals surface area (Å²) < 4.78 is 29.0. The third-order valence-corrected chi connectivity index (χ3v) is 6.57. The predicted octanol–water partition coefficient (Wildman–Crippen LogP) is 1.34. The van der Waals surface area contributed by atoms with Gasteiger partial charge in [-0.05, 0) is 18.8 Å². The zero-order valence-corrected chi connectivity index (χ0v) is 13.9. The number of nitrogens with zero attached hydrogens (tertiary/aromatic N) is 3. The second-order valence-corrected chi connectivity index (χ2v) is 8.01. The average Bonchev–Trinajstić information content (AvgIpc) is 2.86. The maximum absolute atomic E-state index is 13.0. The van der Waals surface area contributed by atoms with Crippen LogP contribution in [0.1, 0.15) is 39.5 Å². The topological polar surface area (TPSA) is 81.2 Å². The first kappa shape index (κ1) is 16.5.